The van der Waals surface area contributed by atoms with Gasteiger partial charge >= 0.3 is 0 Å². The first-order chi connectivity index (χ1) is 10.1. The van der Waals surface area contributed by atoms with E-state index in [0.29, 0.717) is 24.7 Å². The standard InChI is InChI=1S/C14H12FNO4S/c15-11-3-1-2-4-12(11)16-21(17,18)10-5-6-13-14(9-10)20-8-7-19-13/h1-6,9,16H,7-8H2. The number of ether oxygens (including phenoxy) is 2. The topological polar surface area (TPSA) is 64.6 Å². The van der Waals surface area contributed by atoms with Crippen LogP contribution in [0.3, 0.4) is 0 Å². The van der Waals surface area contributed by atoms with Crippen LogP contribution in [0.25, 0.3) is 0 Å². The number of rotatable bonds is 3. The molecule has 110 valence electrons. The summed E-state index contributed by atoms with van der Waals surface area (Å²) in [5.41, 5.74) is -0.104. The van der Waals surface area contributed by atoms with Crippen molar-refractivity contribution in [2.24, 2.45) is 0 Å². The number of sulfonamides is 1. The van der Waals surface area contributed by atoms with Gasteiger partial charge in [-0.05, 0) is 24.3 Å². The van der Waals surface area contributed by atoms with Crippen LogP contribution >= 0.6 is 0 Å². The van der Waals surface area contributed by atoms with Crippen molar-refractivity contribution in [2.75, 3.05) is 17.9 Å². The maximum absolute atomic E-state index is 13.5. The SMILES string of the molecule is O=S(=O)(Nc1ccccc1F)c1ccc2c(c1)OCCO2. The molecule has 3 rings (SSSR count). The van der Waals surface area contributed by atoms with Crippen molar-refractivity contribution >= 4 is 15.7 Å². The summed E-state index contributed by atoms with van der Waals surface area (Å²) in [5, 5.41) is 0. The number of hydrogen-bond donors (Lipinski definition) is 1. The summed E-state index contributed by atoms with van der Waals surface area (Å²) < 4.78 is 50.9. The van der Waals surface area contributed by atoms with Crippen LogP contribution in [0.1, 0.15) is 0 Å². The van der Waals surface area contributed by atoms with Crippen molar-refractivity contribution in [1.29, 1.82) is 0 Å². The Bertz CT molecular complexity index is 776. The second-order valence-electron chi connectivity index (χ2n) is 4.39. The van der Waals surface area contributed by atoms with Gasteiger partial charge < -0.3 is 9.47 Å². The van der Waals surface area contributed by atoms with E-state index in [-0.39, 0.29) is 10.6 Å². The van der Waals surface area contributed by atoms with Crippen LogP contribution in [0.4, 0.5) is 10.1 Å². The molecule has 0 unspecified atom stereocenters. The van der Waals surface area contributed by atoms with E-state index in [1.54, 1.807) is 6.07 Å². The van der Waals surface area contributed by atoms with Gasteiger partial charge in [0.25, 0.3) is 10.0 Å². The molecule has 1 N–H and O–H groups in total. The zero-order valence-electron chi connectivity index (χ0n) is 10.9. The first-order valence-electron chi connectivity index (χ1n) is 6.23. The summed E-state index contributed by atoms with van der Waals surface area (Å²) in [6.45, 7) is 0.782. The monoisotopic (exact) mass is 309 g/mol. The maximum atomic E-state index is 13.5. The van der Waals surface area contributed by atoms with E-state index in [4.69, 9.17) is 9.47 Å². The van der Waals surface area contributed by atoms with Gasteiger partial charge in [0.2, 0.25) is 0 Å². The molecule has 0 atom stereocenters. The number of benzene rings is 2. The number of anilines is 1. The van der Waals surface area contributed by atoms with Crippen LogP contribution in [0.5, 0.6) is 11.5 Å². The molecule has 1 heterocycles. The lowest BCUT2D eigenvalue weighted by Crippen LogP contribution is -2.17. The minimum atomic E-state index is -3.89. The Balaban J connectivity index is 1.93. The molecule has 0 fully saturated rings. The first kappa shape index (κ1) is 13.7. The van der Waals surface area contributed by atoms with E-state index < -0.39 is 15.8 Å². The number of fused-ring (bicyclic) bond motifs is 1. The summed E-state index contributed by atoms with van der Waals surface area (Å²) in [4.78, 5) is -0.0185. The Morgan fingerprint density at radius 3 is 2.48 bits per heavy atom. The summed E-state index contributed by atoms with van der Waals surface area (Å²) >= 11 is 0. The Labute approximate surface area is 121 Å². The van der Waals surface area contributed by atoms with E-state index >= 15 is 0 Å². The predicted octanol–water partition coefficient (Wildman–Crippen LogP) is 2.40. The van der Waals surface area contributed by atoms with Crippen molar-refractivity contribution in [3.8, 4) is 11.5 Å². The third-order valence-corrected chi connectivity index (χ3v) is 4.31. The van der Waals surface area contributed by atoms with Crippen molar-refractivity contribution in [3.63, 3.8) is 0 Å². The molecule has 5 nitrogen and oxygen atoms in total. The van der Waals surface area contributed by atoms with Crippen molar-refractivity contribution in [1.82, 2.24) is 0 Å². The second-order valence-corrected chi connectivity index (χ2v) is 6.07. The average Bonchev–Trinajstić information content (AvgIpc) is 2.49. The molecule has 2 aromatic rings. The molecule has 0 bridgehead atoms. The van der Waals surface area contributed by atoms with Gasteiger partial charge in [-0.2, -0.15) is 0 Å². The van der Waals surface area contributed by atoms with Gasteiger partial charge in [0.15, 0.2) is 11.5 Å². The van der Waals surface area contributed by atoms with E-state index in [2.05, 4.69) is 4.72 Å². The molecule has 0 aliphatic carbocycles. The lowest BCUT2D eigenvalue weighted by molar-refractivity contribution is 0.171. The van der Waals surface area contributed by atoms with Crippen LogP contribution in [-0.2, 0) is 10.0 Å². The highest BCUT2D eigenvalue weighted by Gasteiger charge is 2.20. The molecule has 1 aliphatic heterocycles. The Kier molecular flexibility index (Phi) is 3.42. The summed E-state index contributed by atoms with van der Waals surface area (Å²) in [5.74, 6) is 0.211. The minimum absolute atomic E-state index is 0.0185. The molecular formula is C14H12FNO4S. The molecule has 7 heteroatoms. The molecule has 0 aromatic heterocycles. The highest BCUT2D eigenvalue weighted by molar-refractivity contribution is 7.92. The number of halogens is 1. The zero-order chi connectivity index (χ0) is 14.9. The van der Waals surface area contributed by atoms with Crippen LogP contribution in [0.2, 0.25) is 0 Å². The van der Waals surface area contributed by atoms with E-state index in [0.717, 1.165) is 0 Å². The van der Waals surface area contributed by atoms with Crippen LogP contribution < -0.4 is 14.2 Å². The fourth-order valence-electron chi connectivity index (χ4n) is 1.94. The third-order valence-electron chi connectivity index (χ3n) is 2.94. The number of hydrogen-bond acceptors (Lipinski definition) is 4. The van der Waals surface area contributed by atoms with Gasteiger partial charge in [-0.3, -0.25) is 4.72 Å². The molecule has 2 aromatic carbocycles. The van der Waals surface area contributed by atoms with E-state index in [9.17, 15) is 12.8 Å². The number of para-hydroxylation sites is 1. The lowest BCUT2D eigenvalue weighted by Gasteiger charge is -2.19. The highest BCUT2D eigenvalue weighted by atomic mass is 32.2. The Morgan fingerprint density at radius 1 is 1.00 bits per heavy atom. The summed E-state index contributed by atoms with van der Waals surface area (Å²) in [7, 11) is -3.89. The quantitative estimate of drug-likeness (QED) is 0.945. The smallest absolute Gasteiger partial charge is 0.262 e. The van der Waals surface area contributed by atoms with E-state index in [1.807, 2.05) is 0 Å². The molecule has 0 saturated carbocycles. The molecule has 1 aliphatic rings. The third kappa shape index (κ3) is 2.78. The Morgan fingerprint density at radius 2 is 1.71 bits per heavy atom. The fourth-order valence-corrected chi connectivity index (χ4v) is 3.02. The zero-order valence-corrected chi connectivity index (χ0v) is 11.7. The van der Waals surface area contributed by atoms with Gasteiger partial charge in [-0.1, -0.05) is 12.1 Å². The minimum Gasteiger partial charge on any atom is -0.486 e. The summed E-state index contributed by atoms with van der Waals surface area (Å²) in [6.07, 6.45) is 0. The van der Waals surface area contributed by atoms with Crippen molar-refractivity contribution < 1.29 is 22.3 Å². The second kappa shape index (κ2) is 5.25. The molecule has 0 saturated heterocycles. The molecule has 0 spiro atoms. The van der Waals surface area contributed by atoms with Gasteiger partial charge in [0, 0.05) is 6.07 Å². The Hall–Kier alpha value is -2.28. The van der Waals surface area contributed by atoms with Gasteiger partial charge in [-0.25, -0.2) is 12.8 Å². The van der Waals surface area contributed by atoms with Crippen LogP contribution in [0, 0.1) is 5.82 Å². The first-order valence-corrected chi connectivity index (χ1v) is 7.71. The molecule has 0 radical (unpaired) electrons. The predicted molar refractivity (Wildman–Crippen MR) is 74.6 cm³/mol. The molecule has 0 amide bonds. The van der Waals surface area contributed by atoms with Crippen molar-refractivity contribution in [3.05, 3.63) is 48.3 Å². The number of nitrogens with one attached hydrogen (secondary N) is 1. The van der Waals surface area contributed by atoms with Crippen LogP contribution in [-0.4, -0.2) is 21.6 Å². The fraction of sp³-hybridized carbons (Fsp3) is 0.143. The lowest BCUT2D eigenvalue weighted by atomic mass is 10.3. The van der Waals surface area contributed by atoms with E-state index in [1.165, 1.54) is 36.4 Å². The maximum Gasteiger partial charge on any atom is 0.262 e. The normalized spacial score (nSPS) is 13.8. The molecular weight excluding hydrogens is 297 g/mol. The van der Waals surface area contributed by atoms with Gasteiger partial charge in [0.1, 0.15) is 19.0 Å². The van der Waals surface area contributed by atoms with Crippen LogP contribution in [0.15, 0.2) is 47.4 Å². The van der Waals surface area contributed by atoms with Gasteiger partial charge in [0.05, 0.1) is 10.6 Å². The average molecular weight is 309 g/mol. The van der Waals surface area contributed by atoms with Gasteiger partial charge in [-0.15, -0.1) is 0 Å². The molecule has 21 heavy (non-hydrogen) atoms. The van der Waals surface area contributed by atoms with Crippen molar-refractivity contribution in [2.45, 2.75) is 4.90 Å². The highest BCUT2D eigenvalue weighted by Crippen LogP contribution is 2.32. The summed E-state index contributed by atoms with van der Waals surface area (Å²) in [6, 6.07) is 9.83. The largest absolute Gasteiger partial charge is 0.486 e.